The summed E-state index contributed by atoms with van der Waals surface area (Å²) in [6.45, 7) is 8.52. The maximum Gasteiger partial charge on any atom is 0.227 e. The van der Waals surface area contributed by atoms with Crippen LogP contribution < -0.4 is 16.0 Å². The fourth-order valence-corrected chi connectivity index (χ4v) is 2.38. The van der Waals surface area contributed by atoms with Crippen LogP contribution >= 0.6 is 24.0 Å². The molecular weight excluding hydrogens is 471 g/mol. The summed E-state index contributed by atoms with van der Waals surface area (Å²) in [7, 11) is 3.80. The van der Waals surface area contributed by atoms with Gasteiger partial charge in [0.1, 0.15) is 5.82 Å². The average Bonchev–Trinajstić information content (AvgIpc) is 2.62. The molecule has 1 heterocycles. The van der Waals surface area contributed by atoms with E-state index in [4.69, 9.17) is 4.74 Å². The van der Waals surface area contributed by atoms with Crippen molar-refractivity contribution in [3.8, 4) is 0 Å². The van der Waals surface area contributed by atoms with E-state index in [2.05, 4.69) is 37.9 Å². The topological polar surface area (TPSA) is 90.9 Å². The monoisotopic (exact) mass is 506 g/mol. The number of carbonyl (C=O) groups excluding carboxylic acids is 1. The van der Waals surface area contributed by atoms with Crippen LogP contribution in [0.2, 0.25) is 0 Å². The van der Waals surface area contributed by atoms with E-state index in [-0.39, 0.29) is 29.9 Å². The molecule has 1 aromatic heterocycles. The van der Waals surface area contributed by atoms with E-state index >= 15 is 0 Å². The van der Waals surface area contributed by atoms with E-state index in [1.807, 2.05) is 26.0 Å². The number of pyridine rings is 1. The second-order valence-corrected chi connectivity index (χ2v) is 6.30. The van der Waals surface area contributed by atoms with Crippen molar-refractivity contribution in [2.24, 2.45) is 4.99 Å². The summed E-state index contributed by atoms with van der Waals surface area (Å²) in [5.74, 6) is 1.23. The number of anilines is 1. The van der Waals surface area contributed by atoms with Crippen LogP contribution in [-0.2, 0) is 9.53 Å². The Kier molecular flexibility index (Phi) is 15.6. The Morgan fingerprint density at radius 1 is 1.29 bits per heavy atom. The molecule has 160 valence electrons. The Hall–Kier alpha value is -1.46. The molecule has 0 aliphatic heterocycles. The number of guanidine groups is 1. The zero-order valence-electron chi connectivity index (χ0n) is 17.5. The molecule has 0 aliphatic carbocycles. The third-order valence-corrected chi connectivity index (χ3v) is 3.78. The quantitative estimate of drug-likeness (QED) is 0.174. The van der Waals surface area contributed by atoms with Gasteiger partial charge in [0.25, 0.3) is 0 Å². The standard InChI is InChI=1S/C19H34N6O2.HI/c1-5-20-19(22-12-14-25(3)13-7-15-27-4)21-11-10-18(26)24-17-9-6-8-16(2)23-17;/h6,8-9H,5,7,10-15H2,1-4H3,(H2,20,21,22)(H,23,24,26);1H. The Labute approximate surface area is 185 Å². The van der Waals surface area contributed by atoms with E-state index in [1.165, 1.54) is 0 Å². The van der Waals surface area contributed by atoms with E-state index in [0.717, 1.165) is 44.3 Å². The van der Waals surface area contributed by atoms with Gasteiger partial charge in [-0.15, -0.1) is 24.0 Å². The number of ether oxygens (including phenoxy) is 1. The van der Waals surface area contributed by atoms with Crippen molar-refractivity contribution in [2.45, 2.75) is 26.7 Å². The lowest BCUT2D eigenvalue weighted by Gasteiger charge is -2.16. The first-order valence-corrected chi connectivity index (χ1v) is 9.48. The van der Waals surface area contributed by atoms with Gasteiger partial charge in [-0.1, -0.05) is 6.07 Å². The highest BCUT2D eigenvalue weighted by Gasteiger charge is 2.05. The highest BCUT2D eigenvalue weighted by atomic mass is 127. The zero-order valence-corrected chi connectivity index (χ0v) is 19.8. The van der Waals surface area contributed by atoms with Crippen LogP contribution in [0.15, 0.2) is 23.2 Å². The SMILES string of the molecule is CCNC(=NCCN(C)CCCOC)NCCC(=O)Nc1cccc(C)n1.I. The molecule has 0 aromatic carbocycles. The van der Waals surface area contributed by atoms with E-state index < -0.39 is 0 Å². The molecule has 0 aliphatic rings. The molecule has 1 amide bonds. The fourth-order valence-electron chi connectivity index (χ4n) is 2.38. The maximum atomic E-state index is 12.0. The second-order valence-electron chi connectivity index (χ2n) is 6.30. The Morgan fingerprint density at radius 3 is 2.75 bits per heavy atom. The third kappa shape index (κ3) is 12.8. The lowest BCUT2D eigenvalue weighted by Crippen LogP contribution is -2.39. The normalized spacial score (nSPS) is 11.1. The molecule has 0 atom stereocenters. The van der Waals surface area contributed by atoms with Gasteiger partial charge in [-0.2, -0.15) is 0 Å². The van der Waals surface area contributed by atoms with Crippen molar-refractivity contribution >= 4 is 41.7 Å². The Morgan fingerprint density at radius 2 is 2.07 bits per heavy atom. The summed E-state index contributed by atoms with van der Waals surface area (Å²) in [5.41, 5.74) is 0.875. The number of rotatable bonds is 12. The van der Waals surface area contributed by atoms with E-state index in [0.29, 0.717) is 25.3 Å². The molecule has 0 spiro atoms. The van der Waals surface area contributed by atoms with Crippen LogP contribution in [-0.4, -0.2) is 75.2 Å². The van der Waals surface area contributed by atoms with Crippen LogP contribution in [0.1, 0.15) is 25.5 Å². The minimum atomic E-state index is -0.0747. The molecule has 1 aromatic rings. The van der Waals surface area contributed by atoms with Gasteiger partial charge in [0, 0.05) is 52.0 Å². The molecule has 0 saturated carbocycles. The third-order valence-electron chi connectivity index (χ3n) is 3.78. The van der Waals surface area contributed by atoms with Crippen molar-refractivity contribution in [3.63, 3.8) is 0 Å². The van der Waals surface area contributed by atoms with Crippen molar-refractivity contribution in [3.05, 3.63) is 23.9 Å². The zero-order chi connectivity index (χ0) is 19.9. The predicted octanol–water partition coefficient (Wildman–Crippen LogP) is 1.86. The number of carbonyl (C=O) groups is 1. The number of aliphatic imine (C=N–C) groups is 1. The number of aryl methyl sites for hydroxylation is 1. The van der Waals surface area contributed by atoms with Gasteiger partial charge < -0.3 is 25.6 Å². The molecule has 3 N–H and O–H groups in total. The van der Waals surface area contributed by atoms with Crippen LogP contribution in [0.3, 0.4) is 0 Å². The molecule has 8 nitrogen and oxygen atoms in total. The van der Waals surface area contributed by atoms with Crippen molar-refractivity contribution in [1.82, 2.24) is 20.5 Å². The van der Waals surface area contributed by atoms with Crippen molar-refractivity contribution in [1.29, 1.82) is 0 Å². The molecule has 28 heavy (non-hydrogen) atoms. The molecule has 0 unspecified atom stereocenters. The first-order chi connectivity index (χ1) is 13.0. The summed E-state index contributed by atoms with van der Waals surface area (Å²) in [6.07, 6.45) is 1.36. The van der Waals surface area contributed by atoms with Crippen LogP contribution in [0.5, 0.6) is 0 Å². The first-order valence-electron chi connectivity index (χ1n) is 9.48. The fraction of sp³-hybridized carbons (Fsp3) is 0.632. The minimum absolute atomic E-state index is 0. The van der Waals surface area contributed by atoms with Gasteiger partial charge >= 0.3 is 0 Å². The number of amides is 1. The van der Waals surface area contributed by atoms with E-state index in [9.17, 15) is 4.79 Å². The van der Waals surface area contributed by atoms with Gasteiger partial charge in [-0.05, 0) is 39.4 Å². The summed E-state index contributed by atoms with van der Waals surface area (Å²) < 4.78 is 5.06. The number of aromatic nitrogens is 1. The molecular formula is C19H35IN6O2. The van der Waals surface area contributed by atoms with Gasteiger partial charge in [-0.25, -0.2) is 4.98 Å². The molecule has 9 heteroatoms. The second kappa shape index (κ2) is 16.5. The minimum Gasteiger partial charge on any atom is -0.385 e. The number of nitrogens with one attached hydrogen (secondary N) is 3. The highest BCUT2D eigenvalue weighted by molar-refractivity contribution is 14.0. The molecule has 0 radical (unpaired) electrons. The van der Waals surface area contributed by atoms with E-state index in [1.54, 1.807) is 13.2 Å². The number of likely N-dealkylation sites (N-methyl/N-ethyl adjacent to an activating group) is 1. The Bertz CT molecular complexity index is 585. The number of hydrogen-bond donors (Lipinski definition) is 3. The van der Waals surface area contributed by atoms with Crippen molar-refractivity contribution in [2.75, 3.05) is 58.8 Å². The molecule has 1 rings (SSSR count). The van der Waals surface area contributed by atoms with Crippen molar-refractivity contribution < 1.29 is 9.53 Å². The number of nitrogens with zero attached hydrogens (tertiary/aromatic N) is 3. The van der Waals surface area contributed by atoms with Gasteiger partial charge in [-0.3, -0.25) is 9.79 Å². The number of hydrogen-bond acceptors (Lipinski definition) is 5. The van der Waals surface area contributed by atoms with Gasteiger partial charge in [0.2, 0.25) is 5.91 Å². The van der Waals surface area contributed by atoms with Crippen LogP contribution in [0.25, 0.3) is 0 Å². The number of halogens is 1. The number of methoxy groups -OCH3 is 1. The lowest BCUT2D eigenvalue weighted by atomic mass is 10.3. The largest absolute Gasteiger partial charge is 0.385 e. The molecule has 0 saturated heterocycles. The molecule has 0 fully saturated rings. The van der Waals surface area contributed by atoms with Gasteiger partial charge in [0.15, 0.2) is 5.96 Å². The summed E-state index contributed by atoms with van der Waals surface area (Å²) >= 11 is 0. The highest BCUT2D eigenvalue weighted by Crippen LogP contribution is 2.03. The maximum absolute atomic E-state index is 12.0. The Balaban J connectivity index is 0.00000729. The lowest BCUT2D eigenvalue weighted by molar-refractivity contribution is -0.116. The summed E-state index contributed by atoms with van der Waals surface area (Å²) in [6, 6.07) is 5.55. The van der Waals surface area contributed by atoms with Crippen LogP contribution in [0.4, 0.5) is 5.82 Å². The summed E-state index contributed by atoms with van der Waals surface area (Å²) in [5, 5.41) is 9.19. The smallest absolute Gasteiger partial charge is 0.227 e. The first kappa shape index (κ1) is 26.5. The predicted molar refractivity (Wildman–Crippen MR) is 126 cm³/mol. The van der Waals surface area contributed by atoms with Gasteiger partial charge in [0.05, 0.1) is 6.54 Å². The summed E-state index contributed by atoms with van der Waals surface area (Å²) in [4.78, 5) is 23.1. The molecule has 0 bridgehead atoms. The average molecular weight is 506 g/mol. The van der Waals surface area contributed by atoms with Crippen LogP contribution in [0, 0.1) is 6.92 Å².